The summed E-state index contributed by atoms with van der Waals surface area (Å²) in [5.74, 6) is -0.150. The van der Waals surface area contributed by atoms with Crippen LogP contribution >= 0.6 is 11.8 Å². The maximum absolute atomic E-state index is 11.9. The molecule has 2 aromatic carbocycles. The normalized spacial score (nSPS) is 18.3. The maximum atomic E-state index is 11.9. The molecule has 22 heavy (non-hydrogen) atoms. The van der Waals surface area contributed by atoms with Crippen LogP contribution in [0.1, 0.15) is 11.1 Å². The van der Waals surface area contributed by atoms with E-state index in [2.05, 4.69) is 15.5 Å². The predicted molar refractivity (Wildman–Crippen MR) is 91.6 cm³/mol. The topological polar surface area (TPSA) is 53.8 Å². The molecule has 0 spiro atoms. The second-order valence-corrected chi connectivity index (χ2v) is 5.57. The molecular formula is C17H13N3OS. The van der Waals surface area contributed by atoms with Gasteiger partial charge in [-0.05, 0) is 29.0 Å². The lowest BCUT2D eigenvalue weighted by Gasteiger charge is -1.92. The number of amidine groups is 1. The van der Waals surface area contributed by atoms with Gasteiger partial charge in [-0.25, -0.2) is 0 Å². The van der Waals surface area contributed by atoms with Gasteiger partial charge in [0.2, 0.25) is 0 Å². The number of carbonyl (C=O) groups excluding carboxylic acids is 1. The minimum atomic E-state index is -0.150. The first-order valence-corrected chi connectivity index (χ1v) is 7.55. The third-order valence-electron chi connectivity index (χ3n) is 2.90. The Morgan fingerprint density at radius 1 is 0.909 bits per heavy atom. The Kier molecular flexibility index (Phi) is 4.46. The summed E-state index contributed by atoms with van der Waals surface area (Å²) in [5, 5.41) is 11.2. The average Bonchev–Trinajstić information content (AvgIpc) is 2.89. The van der Waals surface area contributed by atoms with Crippen LogP contribution < -0.4 is 5.32 Å². The highest BCUT2D eigenvalue weighted by molar-refractivity contribution is 8.18. The Morgan fingerprint density at radius 3 is 2.23 bits per heavy atom. The third-order valence-corrected chi connectivity index (χ3v) is 3.80. The number of carbonyl (C=O) groups is 1. The number of rotatable bonds is 3. The molecule has 1 amide bonds. The molecule has 108 valence electrons. The van der Waals surface area contributed by atoms with Crippen molar-refractivity contribution in [3.63, 3.8) is 0 Å². The van der Waals surface area contributed by atoms with E-state index in [1.165, 1.54) is 11.8 Å². The molecule has 0 unspecified atom stereocenters. The van der Waals surface area contributed by atoms with Gasteiger partial charge >= 0.3 is 0 Å². The minimum absolute atomic E-state index is 0.150. The summed E-state index contributed by atoms with van der Waals surface area (Å²) >= 11 is 1.29. The molecule has 4 nitrogen and oxygen atoms in total. The van der Waals surface area contributed by atoms with Crippen molar-refractivity contribution < 1.29 is 4.79 Å². The fraction of sp³-hybridized carbons (Fsp3) is 0. The Labute approximate surface area is 132 Å². The molecular weight excluding hydrogens is 294 g/mol. The van der Waals surface area contributed by atoms with Gasteiger partial charge in [-0.15, -0.1) is 5.10 Å². The quantitative estimate of drug-likeness (QED) is 0.537. The van der Waals surface area contributed by atoms with Crippen molar-refractivity contribution in [2.75, 3.05) is 0 Å². The number of thioether (sulfide) groups is 1. The van der Waals surface area contributed by atoms with Crippen LogP contribution in [0.2, 0.25) is 0 Å². The Morgan fingerprint density at radius 2 is 1.55 bits per heavy atom. The fourth-order valence-corrected chi connectivity index (χ4v) is 2.64. The molecule has 1 aliphatic heterocycles. The van der Waals surface area contributed by atoms with Crippen molar-refractivity contribution in [2.24, 2.45) is 10.2 Å². The summed E-state index contributed by atoms with van der Waals surface area (Å²) in [6.07, 6.45) is 3.49. The van der Waals surface area contributed by atoms with Crippen molar-refractivity contribution in [2.45, 2.75) is 0 Å². The van der Waals surface area contributed by atoms with Gasteiger partial charge in [0.1, 0.15) is 0 Å². The molecule has 3 rings (SSSR count). The molecule has 0 radical (unpaired) electrons. The highest BCUT2D eigenvalue weighted by atomic mass is 32.2. The van der Waals surface area contributed by atoms with Crippen LogP contribution in [0.15, 0.2) is 75.8 Å². The Bertz CT molecular complexity index is 752. The van der Waals surface area contributed by atoms with Crippen molar-refractivity contribution >= 4 is 35.1 Å². The van der Waals surface area contributed by atoms with Crippen LogP contribution in [0.3, 0.4) is 0 Å². The van der Waals surface area contributed by atoms with Crippen LogP contribution in [-0.4, -0.2) is 17.3 Å². The molecule has 1 aliphatic rings. The summed E-state index contributed by atoms with van der Waals surface area (Å²) in [6, 6.07) is 19.4. The van der Waals surface area contributed by atoms with E-state index >= 15 is 0 Å². The zero-order chi connectivity index (χ0) is 15.2. The summed E-state index contributed by atoms with van der Waals surface area (Å²) in [7, 11) is 0. The van der Waals surface area contributed by atoms with Crippen LogP contribution in [-0.2, 0) is 4.79 Å². The lowest BCUT2D eigenvalue weighted by molar-refractivity contribution is -0.115. The van der Waals surface area contributed by atoms with Crippen LogP contribution in [0.5, 0.6) is 0 Å². The summed E-state index contributed by atoms with van der Waals surface area (Å²) in [6.45, 7) is 0. The lowest BCUT2D eigenvalue weighted by atomic mass is 10.2. The van der Waals surface area contributed by atoms with Gasteiger partial charge in [-0.1, -0.05) is 60.7 Å². The predicted octanol–water partition coefficient (Wildman–Crippen LogP) is 3.28. The van der Waals surface area contributed by atoms with Gasteiger partial charge in [-0.2, -0.15) is 5.10 Å². The number of amides is 1. The average molecular weight is 307 g/mol. The molecule has 0 aliphatic carbocycles. The highest BCUT2D eigenvalue weighted by Crippen LogP contribution is 2.25. The van der Waals surface area contributed by atoms with E-state index in [1.807, 2.05) is 66.7 Å². The number of nitrogens with one attached hydrogen (secondary N) is 1. The molecule has 1 fully saturated rings. The molecule has 1 saturated heterocycles. The van der Waals surface area contributed by atoms with Crippen molar-refractivity contribution in [1.29, 1.82) is 0 Å². The molecule has 5 heteroatoms. The van der Waals surface area contributed by atoms with Gasteiger partial charge in [0, 0.05) is 0 Å². The van der Waals surface area contributed by atoms with E-state index in [1.54, 1.807) is 6.21 Å². The molecule has 0 aromatic heterocycles. The summed E-state index contributed by atoms with van der Waals surface area (Å²) in [5.41, 5.74) is 1.94. The van der Waals surface area contributed by atoms with Gasteiger partial charge in [0.15, 0.2) is 5.17 Å². The van der Waals surface area contributed by atoms with E-state index in [0.29, 0.717) is 10.1 Å². The second-order valence-electron chi connectivity index (χ2n) is 4.54. The largest absolute Gasteiger partial charge is 0.299 e. The van der Waals surface area contributed by atoms with E-state index in [4.69, 9.17) is 0 Å². The molecule has 1 N–H and O–H groups in total. The SMILES string of the molecule is O=C1N/C(=N\N=C/c2ccccc2)S/C1=C\c1ccccc1. The molecule has 0 atom stereocenters. The Balaban J connectivity index is 1.71. The molecule has 2 aromatic rings. The molecule has 0 saturated carbocycles. The maximum Gasteiger partial charge on any atom is 0.264 e. The van der Waals surface area contributed by atoms with E-state index in [9.17, 15) is 4.79 Å². The van der Waals surface area contributed by atoms with Gasteiger partial charge < -0.3 is 0 Å². The highest BCUT2D eigenvalue weighted by Gasteiger charge is 2.23. The first kappa shape index (κ1) is 14.3. The minimum Gasteiger partial charge on any atom is -0.299 e. The smallest absolute Gasteiger partial charge is 0.264 e. The summed E-state index contributed by atoms with van der Waals surface area (Å²) in [4.78, 5) is 12.5. The molecule has 0 bridgehead atoms. The van der Waals surface area contributed by atoms with Crippen LogP contribution in [0.4, 0.5) is 0 Å². The van der Waals surface area contributed by atoms with Crippen LogP contribution in [0.25, 0.3) is 6.08 Å². The molecule has 1 heterocycles. The number of hydrogen-bond acceptors (Lipinski definition) is 4. The van der Waals surface area contributed by atoms with Crippen LogP contribution in [0, 0.1) is 0 Å². The lowest BCUT2D eigenvalue weighted by Crippen LogP contribution is -2.19. The number of nitrogens with zero attached hydrogens (tertiary/aromatic N) is 2. The standard InChI is InChI=1S/C17H13N3OS/c21-16-15(11-13-7-3-1-4-8-13)22-17(19-16)20-18-12-14-9-5-2-6-10-14/h1-12H,(H,19,20,21)/b15-11-,18-12-. The first-order valence-electron chi connectivity index (χ1n) is 6.73. The fourth-order valence-electron chi connectivity index (χ4n) is 1.86. The number of hydrogen-bond donors (Lipinski definition) is 1. The van der Waals surface area contributed by atoms with Gasteiger partial charge in [0.05, 0.1) is 11.1 Å². The van der Waals surface area contributed by atoms with Crippen molar-refractivity contribution in [3.05, 3.63) is 76.7 Å². The summed E-state index contributed by atoms with van der Waals surface area (Å²) < 4.78 is 0. The first-order chi connectivity index (χ1) is 10.8. The van der Waals surface area contributed by atoms with Gasteiger partial charge in [0.25, 0.3) is 5.91 Å². The monoisotopic (exact) mass is 307 g/mol. The van der Waals surface area contributed by atoms with E-state index in [0.717, 1.165) is 11.1 Å². The van der Waals surface area contributed by atoms with Crippen molar-refractivity contribution in [3.8, 4) is 0 Å². The zero-order valence-corrected chi connectivity index (χ0v) is 12.5. The number of benzene rings is 2. The van der Waals surface area contributed by atoms with Gasteiger partial charge in [-0.3, -0.25) is 10.1 Å². The Hall–Kier alpha value is -2.66. The zero-order valence-electron chi connectivity index (χ0n) is 11.6. The van der Waals surface area contributed by atoms with Crippen molar-refractivity contribution in [1.82, 2.24) is 5.32 Å². The van der Waals surface area contributed by atoms with E-state index in [-0.39, 0.29) is 5.91 Å². The second kappa shape index (κ2) is 6.87. The van der Waals surface area contributed by atoms with E-state index < -0.39 is 0 Å². The third kappa shape index (κ3) is 3.71.